The zero-order chi connectivity index (χ0) is 45.8. The largest absolute Gasteiger partial charge is 0.414 e. The van der Waals surface area contributed by atoms with Crippen LogP contribution in [0, 0.1) is 13.8 Å². The molecule has 0 aliphatic carbocycles. The van der Waals surface area contributed by atoms with Crippen molar-refractivity contribution in [3.63, 3.8) is 0 Å². The molecule has 0 radical (unpaired) electrons. The Bertz CT molecular complexity index is 2440. The molecule has 0 bridgehead atoms. The van der Waals surface area contributed by atoms with Crippen LogP contribution in [0.3, 0.4) is 0 Å². The normalized spacial score (nSPS) is 26.8. The SMILES string of the molecule is Cc1cn([C@@H]2OC(CO[Si](C)(C)C(C)(C)C)C3(OS(=O)(=O)C=C3N)[C@H]2O[Si](C)(C)C(C)(C)C)c(=O)n(CCCCn2c(=O)c(C)cn([C@H]3C[C@H](N=[N+]=[N-])[C@@H](CO)O3)c2=O)c1=O. The number of hydrogen-bond acceptors (Lipinski definition) is 14. The number of azide groups is 1. The van der Waals surface area contributed by atoms with Gasteiger partial charge in [0.1, 0.15) is 18.4 Å². The summed E-state index contributed by atoms with van der Waals surface area (Å²) in [5.74, 6) is 0. The second-order valence-electron chi connectivity index (χ2n) is 19.3. The molecule has 5 heterocycles. The number of aliphatic hydroxyl groups is 1. The molecule has 3 N–H and O–H groups in total. The number of aliphatic hydroxyl groups excluding tert-OH is 1. The Kier molecular flexibility index (Phi) is 13.6. The first-order valence-corrected chi connectivity index (χ1v) is 27.7. The predicted octanol–water partition coefficient (Wildman–Crippen LogP) is 3.60. The maximum Gasteiger partial charge on any atom is 0.333 e. The van der Waals surface area contributed by atoms with Crippen molar-refractivity contribution in [1.29, 1.82) is 0 Å². The van der Waals surface area contributed by atoms with E-state index in [1.165, 1.54) is 21.5 Å². The molecule has 3 aliphatic heterocycles. The molecule has 5 rings (SSSR count). The maximum atomic E-state index is 14.5. The fourth-order valence-electron chi connectivity index (χ4n) is 7.29. The van der Waals surface area contributed by atoms with Gasteiger partial charge in [0.05, 0.1) is 36.5 Å². The molecule has 0 amide bonds. The van der Waals surface area contributed by atoms with Gasteiger partial charge in [0.25, 0.3) is 21.2 Å². The molecule has 23 heteroatoms. The highest BCUT2D eigenvalue weighted by molar-refractivity contribution is 7.90. The molecule has 2 fully saturated rings. The molecule has 2 saturated heterocycles. The number of nitrogens with two attached hydrogens (primary N) is 1. The summed E-state index contributed by atoms with van der Waals surface area (Å²) in [5.41, 5.74) is 11.4. The van der Waals surface area contributed by atoms with Crippen molar-refractivity contribution >= 4 is 26.8 Å². The number of ether oxygens (including phenoxy) is 2. The van der Waals surface area contributed by atoms with E-state index in [-0.39, 0.29) is 60.8 Å². The third kappa shape index (κ3) is 9.22. The number of rotatable bonds is 14. The average molecular weight is 911 g/mol. The summed E-state index contributed by atoms with van der Waals surface area (Å²) in [4.78, 5) is 57.8. The minimum atomic E-state index is -4.33. The van der Waals surface area contributed by atoms with Crippen LogP contribution in [-0.2, 0) is 45.7 Å². The van der Waals surface area contributed by atoms with Crippen molar-refractivity contribution in [3.05, 3.63) is 86.7 Å². The van der Waals surface area contributed by atoms with Gasteiger partial charge in [0.15, 0.2) is 28.5 Å². The lowest BCUT2D eigenvalue weighted by Crippen LogP contribution is -2.59. The summed E-state index contributed by atoms with van der Waals surface area (Å²) in [5, 5.41) is 13.6. The van der Waals surface area contributed by atoms with Gasteiger partial charge in [-0.05, 0) is 68.5 Å². The zero-order valence-electron chi connectivity index (χ0n) is 37.2. The van der Waals surface area contributed by atoms with E-state index in [2.05, 4.69) is 30.8 Å². The summed E-state index contributed by atoms with van der Waals surface area (Å²) in [7, 11) is -9.63. The van der Waals surface area contributed by atoms with Gasteiger partial charge in [-0.25, -0.2) is 13.8 Å². The van der Waals surface area contributed by atoms with Crippen LogP contribution < -0.4 is 28.2 Å². The molecule has 0 saturated carbocycles. The summed E-state index contributed by atoms with van der Waals surface area (Å²) >= 11 is 0. The number of hydrogen-bond donors (Lipinski definition) is 2. The molecule has 2 unspecified atom stereocenters. The van der Waals surface area contributed by atoms with Crippen LogP contribution in [0.15, 0.2) is 47.8 Å². The van der Waals surface area contributed by atoms with Crippen LogP contribution in [-0.4, -0.2) is 91.6 Å². The van der Waals surface area contributed by atoms with E-state index in [9.17, 15) is 32.7 Å². The summed E-state index contributed by atoms with van der Waals surface area (Å²) in [6, 6.07) is -0.715. The Morgan fingerprint density at radius 2 is 1.44 bits per heavy atom. The molecule has 340 valence electrons. The first-order valence-electron chi connectivity index (χ1n) is 20.4. The van der Waals surface area contributed by atoms with Crippen molar-refractivity contribution in [2.75, 3.05) is 13.2 Å². The van der Waals surface area contributed by atoms with E-state index in [0.29, 0.717) is 0 Å². The van der Waals surface area contributed by atoms with E-state index < -0.39 is 103 Å². The van der Waals surface area contributed by atoms with E-state index in [1.807, 2.05) is 47.0 Å². The molecule has 20 nitrogen and oxygen atoms in total. The van der Waals surface area contributed by atoms with E-state index in [4.69, 9.17) is 33.8 Å². The fourth-order valence-corrected chi connectivity index (χ4v) is 10.8. The fraction of sp³-hybridized carbons (Fsp3) is 0.737. The number of aromatic nitrogens is 4. The molecule has 1 spiro atoms. The Labute approximate surface area is 357 Å². The quantitative estimate of drug-likeness (QED) is 0.0687. The molecule has 7 atom stereocenters. The molecular weight excluding hydrogens is 849 g/mol. The van der Waals surface area contributed by atoms with Gasteiger partial charge in [-0.1, -0.05) is 46.7 Å². The molecule has 3 aliphatic rings. The van der Waals surface area contributed by atoms with Crippen LogP contribution in [0.4, 0.5) is 0 Å². The van der Waals surface area contributed by atoms with E-state index in [1.54, 1.807) is 13.8 Å². The van der Waals surface area contributed by atoms with E-state index >= 15 is 0 Å². The Morgan fingerprint density at radius 1 is 0.918 bits per heavy atom. The Morgan fingerprint density at radius 3 is 1.92 bits per heavy atom. The van der Waals surface area contributed by atoms with Gasteiger partial charge in [-0.3, -0.25) is 27.9 Å². The van der Waals surface area contributed by atoms with Crippen LogP contribution in [0.25, 0.3) is 10.4 Å². The second kappa shape index (κ2) is 17.1. The van der Waals surface area contributed by atoms with Gasteiger partial charge in [0, 0.05) is 47.9 Å². The van der Waals surface area contributed by atoms with Gasteiger partial charge in [0.2, 0.25) is 0 Å². The van der Waals surface area contributed by atoms with Crippen molar-refractivity contribution < 1.29 is 36.0 Å². The summed E-state index contributed by atoms with van der Waals surface area (Å²) < 4.78 is 63.0. The molecular formula is C38H62N8O12SSi2. The highest BCUT2D eigenvalue weighted by atomic mass is 32.2. The first-order chi connectivity index (χ1) is 28.0. The summed E-state index contributed by atoms with van der Waals surface area (Å²) in [6.07, 6.45) is -2.28. The van der Waals surface area contributed by atoms with Gasteiger partial charge in [-0.15, -0.1) is 0 Å². The summed E-state index contributed by atoms with van der Waals surface area (Å²) in [6.45, 7) is 22.6. The number of nitrogens with zero attached hydrogens (tertiary/aromatic N) is 7. The van der Waals surface area contributed by atoms with Crippen LogP contribution in [0.5, 0.6) is 0 Å². The van der Waals surface area contributed by atoms with Crippen molar-refractivity contribution in [2.24, 2.45) is 10.8 Å². The maximum absolute atomic E-state index is 14.5. The highest BCUT2D eigenvalue weighted by Gasteiger charge is 2.67. The first kappa shape index (κ1) is 48.4. The minimum absolute atomic E-state index is 0.0615. The van der Waals surface area contributed by atoms with Crippen molar-refractivity contribution in [1.82, 2.24) is 18.3 Å². The third-order valence-electron chi connectivity index (χ3n) is 13.0. The molecule has 2 aromatic rings. The monoisotopic (exact) mass is 910 g/mol. The van der Waals surface area contributed by atoms with Crippen molar-refractivity contribution in [2.45, 2.75) is 166 Å². The third-order valence-corrected chi connectivity index (χ3v) is 23.0. The average Bonchev–Trinajstić information content (AvgIpc) is 3.76. The number of aryl methyl sites for hydroxylation is 2. The lowest BCUT2D eigenvalue weighted by Gasteiger charge is -2.43. The lowest BCUT2D eigenvalue weighted by molar-refractivity contribution is -0.0567. The van der Waals surface area contributed by atoms with Gasteiger partial charge < -0.3 is 29.2 Å². The standard InChI is InChI=1S/C38H62N8O12SSi2/c1-23-18-45(29-17-25(41-42-40)26(20-47)55-29)34(50)43(31(23)48)15-13-14-16-44-32(49)24(2)19-46(35(44)51)33-30(57-61(11,12)37(6,7)8)38(27(39)22-59(52,53)58-38)28(56-33)21-54-60(9,10)36(3,4)5/h18-19,22,25-26,28-30,33,47H,13-17,20-21,39H2,1-12H3/t25-,26+,28?,29+,30-,33+,38?/m0/s1. The minimum Gasteiger partial charge on any atom is -0.414 e. The smallest absolute Gasteiger partial charge is 0.333 e. The predicted molar refractivity (Wildman–Crippen MR) is 231 cm³/mol. The van der Waals surface area contributed by atoms with Crippen LogP contribution in [0.2, 0.25) is 36.3 Å². The van der Waals surface area contributed by atoms with Gasteiger partial charge in [-0.2, -0.15) is 8.42 Å². The zero-order valence-corrected chi connectivity index (χ0v) is 40.0. The molecule has 2 aromatic heterocycles. The van der Waals surface area contributed by atoms with Crippen LogP contribution >= 0.6 is 0 Å². The molecule has 61 heavy (non-hydrogen) atoms. The number of unbranched alkanes of at least 4 members (excludes halogenated alkanes) is 1. The molecule has 0 aromatic carbocycles. The van der Waals surface area contributed by atoms with Gasteiger partial charge >= 0.3 is 11.4 Å². The second-order valence-corrected chi connectivity index (χ2v) is 30.2. The Hall–Kier alpha value is -3.65. The Balaban J connectivity index is 1.50. The highest BCUT2D eigenvalue weighted by Crippen LogP contribution is 2.52. The lowest BCUT2D eigenvalue weighted by atomic mass is 9.89. The van der Waals surface area contributed by atoms with E-state index in [0.717, 1.165) is 14.5 Å². The van der Waals surface area contributed by atoms with Crippen LogP contribution in [0.1, 0.15) is 84.4 Å². The van der Waals surface area contributed by atoms with Crippen molar-refractivity contribution in [3.8, 4) is 0 Å². The topological polar surface area (TPSA) is 263 Å².